The molecule has 2 N–H and O–H groups in total. The van der Waals surface area contributed by atoms with Gasteiger partial charge >= 0.3 is 6.03 Å². The second-order valence-corrected chi connectivity index (χ2v) is 6.61. The number of nitrogens with zero attached hydrogens (tertiary/aromatic N) is 2. The maximum absolute atomic E-state index is 11.7. The van der Waals surface area contributed by atoms with E-state index in [1.807, 2.05) is 45.0 Å². The molecule has 2 aromatic rings. The highest BCUT2D eigenvalue weighted by molar-refractivity contribution is 7.99. The maximum Gasteiger partial charge on any atom is 0.321 e. The lowest BCUT2D eigenvalue weighted by atomic mass is 10.1. The van der Waals surface area contributed by atoms with Crippen molar-refractivity contribution in [3.63, 3.8) is 0 Å². The molecule has 0 aliphatic rings. The molecule has 0 atom stereocenters. The summed E-state index contributed by atoms with van der Waals surface area (Å²) in [6.07, 6.45) is 0. The number of nitrogens with one attached hydrogen (secondary N) is 2. The Morgan fingerprint density at radius 3 is 2.79 bits per heavy atom. The normalized spacial score (nSPS) is 10.7. The number of imide groups is 1. The van der Waals surface area contributed by atoms with Crippen LogP contribution in [0.3, 0.4) is 0 Å². The molecule has 0 bridgehead atoms. The van der Waals surface area contributed by atoms with Crippen LogP contribution in [0.1, 0.15) is 19.4 Å². The average Bonchev–Trinajstić information content (AvgIpc) is 3.00. The van der Waals surface area contributed by atoms with E-state index in [0.29, 0.717) is 18.4 Å². The average molecular weight is 348 g/mol. The molecule has 0 radical (unpaired) electrons. The summed E-state index contributed by atoms with van der Waals surface area (Å²) in [6.45, 7) is 6.43. The zero-order valence-electron chi connectivity index (χ0n) is 13.8. The van der Waals surface area contributed by atoms with E-state index in [9.17, 15) is 9.59 Å². The van der Waals surface area contributed by atoms with Crippen molar-refractivity contribution in [1.29, 1.82) is 0 Å². The van der Waals surface area contributed by atoms with Gasteiger partial charge in [0.2, 0.25) is 11.8 Å². The molecule has 0 saturated carbocycles. The van der Waals surface area contributed by atoms with E-state index < -0.39 is 11.9 Å². The highest BCUT2D eigenvalue weighted by Crippen LogP contribution is 2.23. The number of hydrogen-bond donors (Lipinski definition) is 2. The first-order valence-corrected chi connectivity index (χ1v) is 8.53. The van der Waals surface area contributed by atoms with E-state index in [4.69, 9.17) is 4.42 Å². The Hall–Kier alpha value is -2.35. The number of benzene rings is 1. The number of carbonyl (C=O) groups excluding carboxylic acids is 2. The number of hydrogen-bond acceptors (Lipinski definition) is 6. The number of aryl methyl sites for hydroxylation is 1. The van der Waals surface area contributed by atoms with Crippen LogP contribution in [0.4, 0.5) is 4.79 Å². The zero-order chi connectivity index (χ0) is 17.5. The van der Waals surface area contributed by atoms with Gasteiger partial charge in [-0.15, -0.1) is 10.2 Å². The van der Waals surface area contributed by atoms with Gasteiger partial charge in [0.05, 0.1) is 5.75 Å². The lowest BCUT2D eigenvalue weighted by molar-refractivity contribution is -0.117. The van der Waals surface area contributed by atoms with E-state index in [0.717, 1.165) is 22.9 Å². The Labute approximate surface area is 144 Å². The van der Waals surface area contributed by atoms with Crippen molar-refractivity contribution >= 4 is 23.7 Å². The molecular formula is C16H20N4O3S. The monoisotopic (exact) mass is 348 g/mol. The summed E-state index contributed by atoms with van der Waals surface area (Å²) in [5, 5.41) is 13.0. The summed E-state index contributed by atoms with van der Waals surface area (Å²) in [4.78, 5) is 23.2. The van der Waals surface area contributed by atoms with E-state index in [1.54, 1.807) is 0 Å². The Kier molecular flexibility index (Phi) is 6.36. The van der Waals surface area contributed by atoms with Crippen molar-refractivity contribution in [2.24, 2.45) is 5.92 Å². The van der Waals surface area contributed by atoms with Gasteiger partial charge in [-0.3, -0.25) is 10.1 Å². The molecule has 8 heteroatoms. The van der Waals surface area contributed by atoms with E-state index in [1.165, 1.54) is 0 Å². The minimum Gasteiger partial charge on any atom is -0.411 e. The van der Waals surface area contributed by atoms with Gasteiger partial charge in [0.25, 0.3) is 5.22 Å². The predicted molar refractivity (Wildman–Crippen MR) is 91.6 cm³/mol. The molecule has 0 spiro atoms. The van der Waals surface area contributed by atoms with Crippen LogP contribution >= 0.6 is 11.8 Å². The SMILES string of the molecule is Cc1cccc(-c2nnc(SCC(=O)NC(=O)NCC(C)C)o2)c1. The molecule has 0 aliphatic carbocycles. The quantitative estimate of drug-likeness (QED) is 0.779. The standard InChI is InChI=1S/C16H20N4O3S/c1-10(2)8-17-15(22)18-13(21)9-24-16-20-19-14(23-16)12-6-4-5-11(3)7-12/h4-7,10H,8-9H2,1-3H3,(H2,17,18,21,22). The summed E-state index contributed by atoms with van der Waals surface area (Å²) < 4.78 is 5.52. The fraction of sp³-hybridized carbons (Fsp3) is 0.375. The second-order valence-electron chi connectivity index (χ2n) is 5.68. The fourth-order valence-corrected chi connectivity index (χ4v) is 2.36. The van der Waals surface area contributed by atoms with Crippen LogP contribution in [-0.4, -0.2) is 34.4 Å². The maximum atomic E-state index is 11.7. The number of rotatable bonds is 6. The molecule has 1 aromatic carbocycles. The Balaban J connectivity index is 1.82. The summed E-state index contributed by atoms with van der Waals surface area (Å²) in [5.41, 5.74) is 1.92. The van der Waals surface area contributed by atoms with Crippen LogP contribution in [0, 0.1) is 12.8 Å². The third kappa shape index (κ3) is 5.69. The lowest BCUT2D eigenvalue weighted by Crippen LogP contribution is -2.41. The molecule has 7 nitrogen and oxygen atoms in total. The van der Waals surface area contributed by atoms with Crippen LogP contribution in [0.15, 0.2) is 33.9 Å². The van der Waals surface area contributed by atoms with Crippen molar-refractivity contribution < 1.29 is 14.0 Å². The van der Waals surface area contributed by atoms with Gasteiger partial charge in [-0.2, -0.15) is 0 Å². The van der Waals surface area contributed by atoms with Crippen LogP contribution in [0.2, 0.25) is 0 Å². The molecule has 1 heterocycles. The summed E-state index contributed by atoms with van der Waals surface area (Å²) in [7, 11) is 0. The fourth-order valence-electron chi connectivity index (χ4n) is 1.79. The first kappa shape index (κ1) is 18.0. The van der Waals surface area contributed by atoms with Crippen LogP contribution < -0.4 is 10.6 Å². The second kappa shape index (κ2) is 8.49. The van der Waals surface area contributed by atoms with Crippen molar-refractivity contribution in [1.82, 2.24) is 20.8 Å². The predicted octanol–water partition coefficient (Wildman–Crippen LogP) is 2.62. The number of urea groups is 1. The largest absolute Gasteiger partial charge is 0.411 e. The topological polar surface area (TPSA) is 97.1 Å². The number of aromatic nitrogens is 2. The number of amides is 3. The molecule has 0 saturated heterocycles. The van der Waals surface area contributed by atoms with Crippen LogP contribution in [0.25, 0.3) is 11.5 Å². The Morgan fingerprint density at radius 1 is 1.29 bits per heavy atom. The van der Waals surface area contributed by atoms with Gasteiger partial charge < -0.3 is 9.73 Å². The zero-order valence-corrected chi connectivity index (χ0v) is 14.6. The van der Waals surface area contributed by atoms with Crippen molar-refractivity contribution in [3.05, 3.63) is 29.8 Å². The van der Waals surface area contributed by atoms with E-state index >= 15 is 0 Å². The van der Waals surface area contributed by atoms with E-state index in [2.05, 4.69) is 20.8 Å². The van der Waals surface area contributed by atoms with Gasteiger partial charge in [-0.1, -0.05) is 43.3 Å². The van der Waals surface area contributed by atoms with Crippen molar-refractivity contribution in [3.8, 4) is 11.5 Å². The van der Waals surface area contributed by atoms with Gasteiger partial charge in [-0.05, 0) is 25.0 Å². The molecule has 128 valence electrons. The summed E-state index contributed by atoms with van der Waals surface area (Å²) >= 11 is 1.08. The van der Waals surface area contributed by atoms with Crippen LogP contribution in [-0.2, 0) is 4.79 Å². The molecule has 1 aromatic heterocycles. The Morgan fingerprint density at radius 2 is 2.08 bits per heavy atom. The third-order valence-electron chi connectivity index (χ3n) is 2.92. The summed E-state index contributed by atoms with van der Waals surface area (Å²) in [5.74, 6) is 0.316. The molecule has 0 unspecified atom stereocenters. The number of carbonyl (C=O) groups is 2. The molecule has 24 heavy (non-hydrogen) atoms. The van der Waals surface area contributed by atoms with Gasteiger partial charge in [0, 0.05) is 12.1 Å². The minimum atomic E-state index is -0.500. The smallest absolute Gasteiger partial charge is 0.321 e. The van der Waals surface area contributed by atoms with E-state index in [-0.39, 0.29) is 11.0 Å². The van der Waals surface area contributed by atoms with Crippen molar-refractivity contribution in [2.75, 3.05) is 12.3 Å². The van der Waals surface area contributed by atoms with Gasteiger partial charge in [0.15, 0.2) is 0 Å². The first-order valence-electron chi connectivity index (χ1n) is 7.55. The highest BCUT2D eigenvalue weighted by Gasteiger charge is 2.13. The first-order chi connectivity index (χ1) is 11.4. The molecular weight excluding hydrogens is 328 g/mol. The molecule has 0 fully saturated rings. The number of thioether (sulfide) groups is 1. The van der Waals surface area contributed by atoms with Crippen molar-refractivity contribution in [2.45, 2.75) is 26.0 Å². The third-order valence-corrected chi connectivity index (χ3v) is 3.74. The molecule has 0 aliphatic heterocycles. The van der Waals surface area contributed by atoms with Gasteiger partial charge in [0.1, 0.15) is 0 Å². The molecule has 2 rings (SSSR count). The summed E-state index contributed by atoms with van der Waals surface area (Å²) in [6, 6.07) is 7.20. The van der Waals surface area contributed by atoms with Gasteiger partial charge in [-0.25, -0.2) is 4.79 Å². The Bertz CT molecular complexity index is 715. The molecule has 3 amide bonds. The highest BCUT2D eigenvalue weighted by atomic mass is 32.2. The lowest BCUT2D eigenvalue weighted by Gasteiger charge is -2.07. The van der Waals surface area contributed by atoms with Crippen LogP contribution in [0.5, 0.6) is 0 Å². The minimum absolute atomic E-state index is 0.0184.